The SMILES string of the molecule is O=S(=O)(NCc1nn[nH]n1)N1CCCCC1CO. The Bertz CT molecular complexity index is 461. The van der Waals surface area contributed by atoms with Gasteiger partial charge in [0.2, 0.25) is 0 Å². The number of aromatic nitrogens is 4. The van der Waals surface area contributed by atoms with E-state index in [1.54, 1.807) is 0 Å². The zero-order chi connectivity index (χ0) is 13.0. The lowest BCUT2D eigenvalue weighted by atomic mass is 10.1. The summed E-state index contributed by atoms with van der Waals surface area (Å²) in [5.74, 6) is 0.274. The molecular formula is C8H16N6O3S. The highest BCUT2D eigenvalue weighted by Gasteiger charge is 2.31. The van der Waals surface area contributed by atoms with Gasteiger partial charge in [-0.25, -0.2) is 0 Å². The van der Waals surface area contributed by atoms with Crippen molar-refractivity contribution in [2.45, 2.75) is 31.8 Å². The molecule has 2 heterocycles. The van der Waals surface area contributed by atoms with Crippen molar-refractivity contribution < 1.29 is 13.5 Å². The van der Waals surface area contributed by atoms with Crippen LogP contribution in [0.3, 0.4) is 0 Å². The van der Waals surface area contributed by atoms with Crippen molar-refractivity contribution in [3.8, 4) is 0 Å². The van der Waals surface area contributed by atoms with Gasteiger partial charge in [0.05, 0.1) is 13.2 Å². The molecule has 102 valence electrons. The van der Waals surface area contributed by atoms with Crippen LogP contribution in [0.1, 0.15) is 25.1 Å². The normalized spacial score (nSPS) is 22.2. The van der Waals surface area contributed by atoms with Gasteiger partial charge in [0, 0.05) is 12.6 Å². The van der Waals surface area contributed by atoms with E-state index in [0.29, 0.717) is 13.0 Å². The van der Waals surface area contributed by atoms with Crippen molar-refractivity contribution in [3.63, 3.8) is 0 Å². The first-order chi connectivity index (χ1) is 8.63. The fourth-order valence-corrected chi connectivity index (χ4v) is 3.38. The number of aliphatic hydroxyl groups excluding tert-OH is 1. The Morgan fingerprint density at radius 2 is 2.33 bits per heavy atom. The van der Waals surface area contributed by atoms with Crippen LogP contribution < -0.4 is 4.72 Å². The summed E-state index contributed by atoms with van der Waals surface area (Å²) in [6.07, 6.45) is 2.42. The zero-order valence-electron chi connectivity index (χ0n) is 9.78. The Morgan fingerprint density at radius 1 is 1.50 bits per heavy atom. The molecular weight excluding hydrogens is 260 g/mol. The third-order valence-corrected chi connectivity index (χ3v) is 4.50. The highest BCUT2D eigenvalue weighted by atomic mass is 32.2. The van der Waals surface area contributed by atoms with Gasteiger partial charge in [0.25, 0.3) is 10.2 Å². The minimum Gasteiger partial charge on any atom is -0.395 e. The maximum atomic E-state index is 12.1. The van der Waals surface area contributed by atoms with Crippen LogP contribution >= 0.6 is 0 Å². The Kier molecular flexibility index (Phi) is 4.22. The van der Waals surface area contributed by atoms with Crippen molar-refractivity contribution in [2.75, 3.05) is 13.2 Å². The standard InChI is InChI=1S/C8H16N6O3S/c15-6-7-3-1-2-4-14(7)18(16,17)9-5-8-10-12-13-11-8/h7,9,15H,1-6H2,(H,10,11,12,13). The molecule has 2 rings (SSSR count). The molecule has 0 bridgehead atoms. The summed E-state index contributed by atoms with van der Waals surface area (Å²) < 4.78 is 27.8. The molecule has 18 heavy (non-hydrogen) atoms. The average Bonchev–Trinajstić information content (AvgIpc) is 2.89. The number of hydrogen-bond donors (Lipinski definition) is 3. The lowest BCUT2D eigenvalue weighted by Crippen LogP contribution is -2.50. The summed E-state index contributed by atoms with van der Waals surface area (Å²) in [7, 11) is -3.62. The van der Waals surface area contributed by atoms with E-state index in [1.165, 1.54) is 4.31 Å². The number of aromatic amines is 1. The van der Waals surface area contributed by atoms with Crippen molar-refractivity contribution in [1.82, 2.24) is 29.7 Å². The second kappa shape index (κ2) is 5.69. The molecule has 1 aliphatic heterocycles. The van der Waals surface area contributed by atoms with Gasteiger partial charge in [-0.15, -0.1) is 10.2 Å². The van der Waals surface area contributed by atoms with Crippen LogP contribution in [0, 0.1) is 0 Å². The van der Waals surface area contributed by atoms with Crippen LogP contribution in [0.25, 0.3) is 0 Å². The Labute approximate surface area is 105 Å². The number of nitrogens with zero attached hydrogens (tertiary/aromatic N) is 4. The molecule has 1 fully saturated rings. The minimum atomic E-state index is -3.62. The summed E-state index contributed by atoms with van der Waals surface area (Å²) in [5, 5.41) is 22.1. The molecule has 10 heteroatoms. The van der Waals surface area contributed by atoms with E-state index in [1.807, 2.05) is 0 Å². The molecule has 1 aromatic heterocycles. The first kappa shape index (κ1) is 13.3. The van der Waals surface area contributed by atoms with Crippen LogP contribution in [0.2, 0.25) is 0 Å². The summed E-state index contributed by atoms with van der Waals surface area (Å²) in [4.78, 5) is 0. The van der Waals surface area contributed by atoms with Gasteiger partial charge in [-0.3, -0.25) is 0 Å². The van der Waals surface area contributed by atoms with Crippen molar-refractivity contribution in [1.29, 1.82) is 0 Å². The molecule has 0 spiro atoms. The molecule has 0 saturated carbocycles. The predicted octanol–water partition coefficient (Wildman–Crippen LogP) is -1.62. The maximum Gasteiger partial charge on any atom is 0.280 e. The monoisotopic (exact) mass is 276 g/mol. The van der Waals surface area contributed by atoms with E-state index in [0.717, 1.165) is 12.8 Å². The van der Waals surface area contributed by atoms with E-state index in [9.17, 15) is 13.5 Å². The molecule has 0 amide bonds. The molecule has 1 aromatic rings. The third kappa shape index (κ3) is 3.02. The second-order valence-corrected chi connectivity index (χ2v) is 5.80. The topological polar surface area (TPSA) is 124 Å². The predicted molar refractivity (Wildman–Crippen MR) is 61.4 cm³/mol. The summed E-state index contributed by atoms with van der Waals surface area (Å²) in [5.41, 5.74) is 0. The number of hydrogen-bond acceptors (Lipinski definition) is 6. The lowest BCUT2D eigenvalue weighted by Gasteiger charge is -2.33. The van der Waals surface area contributed by atoms with E-state index in [2.05, 4.69) is 25.3 Å². The smallest absolute Gasteiger partial charge is 0.280 e. The summed E-state index contributed by atoms with van der Waals surface area (Å²) >= 11 is 0. The molecule has 1 atom stereocenters. The van der Waals surface area contributed by atoms with Gasteiger partial charge in [-0.1, -0.05) is 11.6 Å². The summed E-state index contributed by atoms with van der Waals surface area (Å²) in [6.45, 7) is 0.239. The Balaban J connectivity index is 2.00. The number of piperidine rings is 1. The van der Waals surface area contributed by atoms with E-state index in [-0.39, 0.29) is 25.0 Å². The van der Waals surface area contributed by atoms with Crippen LogP contribution in [0.15, 0.2) is 0 Å². The number of rotatable bonds is 5. The molecule has 1 aliphatic rings. The zero-order valence-corrected chi connectivity index (χ0v) is 10.6. The largest absolute Gasteiger partial charge is 0.395 e. The van der Waals surface area contributed by atoms with Crippen molar-refractivity contribution in [3.05, 3.63) is 5.82 Å². The third-order valence-electron chi connectivity index (χ3n) is 2.89. The Morgan fingerprint density at radius 3 is 3.00 bits per heavy atom. The molecule has 1 saturated heterocycles. The maximum absolute atomic E-state index is 12.1. The van der Waals surface area contributed by atoms with Crippen molar-refractivity contribution in [2.24, 2.45) is 0 Å². The lowest BCUT2D eigenvalue weighted by molar-refractivity contribution is 0.154. The highest BCUT2D eigenvalue weighted by molar-refractivity contribution is 7.87. The molecule has 9 nitrogen and oxygen atoms in total. The average molecular weight is 276 g/mol. The quantitative estimate of drug-likeness (QED) is 0.594. The number of aliphatic hydroxyl groups is 1. The van der Waals surface area contributed by atoms with E-state index in [4.69, 9.17) is 0 Å². The van der Waals surface area contributed by atoms with Crippen molar-refractivity contribution >= 4 is 10.2 Å². The van der Waals surface area contributed by atoms with Gasteiger partial charge in [0.15, 0.2) is 5.82 Å². The van der Waals surface area contributed by atoms with Gasteiger partial charge in [0.1, 0.15) is 0 Å². The Hall–Kier alpha value is -1.10. The number of nitrogens with one attached hydrogen (secondary N) is 2. The molecule has 0 radical (unpaired) electrons. The van der Waals surface area contributed by atoms with E-state index < -0.39 is 10.2 Å². The fourth-order valence-electron chi connectivity index (χ4n) is 1.97. The van der Waals surface area contributed by atoms with Gasteiger partial charge >= 0.3 is 0 Å². The first-order valence-corrected chi connectivity index (χ1v) is 7.17. The number of H-pyrrole nitrogens is 1. The fraction of sp³-hybridized carbons (Fsp3) is 0.875. The summed E-state index contributed by atoms with van der Waals surface area (Å²) in [6, 6.07) is -0.346. The van der Waals surface area contributed by atoms with Crippen LogP contribution in [-0.2, 0) is 16.8 Å². The molecule has 3 N–H and O–H groups in total. The van der Waals surface area contributed by atoms with Crippen LogP contribution in [0.4, 0.5) is 0 Å². The van der Waals surface area contributed by atoms with E-state index >= 15 is 0 Å². The van der Waals surface area contributed by atoms with Gasteiger partial charge < -0.3 is 5.11 Å². The first-order valence-electron chi connectivity index (χ1n) is 5.73. The van der Waals surface area contributed by atoms with Gasteiger partial charge in [-0.2, -0.15) is 22.7 Å². The molecule has 0 aliphatic carbocycles. The van der Waals surface area contributed by atoms with Crippen LogP contribution in [-0.4, -0.2) is 57.6 Å². The second-order valence-electron chi connectivity index (χ2n) is 4.10. The molecule has 0 aromatic carbocycles. The highest BCUT2D eigenvalue weighted by Crippen LogP contribution is 2.19. The number of tetrazole rings is 1. The minimum absolute atomic E-state index is 0.0204. The molecule has 1 unspecified atom stereocenters. The van der Waals surface area contributed by atoms with Crippen LogP contribution in [0.5, 0.6) is 0 Å². The van der Waals surface area contributed by atoms with Gasteiger partial charge in [-0.05, 0) is 12.8 Å².